The van der Waals surface area contributed by atoms with Gasteiger partial charge in [0.15, 0.2) is 17.5 Å². The quantitative estimate of drug-likeness (QED) is 0.125. The van der Waals surface area contributed by atoms with Crippen LogP contribution in [0, 0.1) is 0 Å². The molecule has 0 aliphatic heterocycles. The van der Waals surface area contributed by atoms with E-state index in [-0.39, 0.29) is 0 Å². The van der Waals surface area contributed by atoms with E-state index in [0.717, 1.165) is 66.4 Å². The zero-order valence-electron chi connectivity index (χ0n) is 33.0. The molecule has 10 aromatic carbocycles. The van der Waals surface area contributed by atoms with Gasteiger partial charge in [-0.3, -0.25) is 0 Å². The first-order valence-corrected chi connectivity index (χ1v) is 20.6. The van der Waals surface area contributed by atoms with Crippen molar-refractivity contribution in [2.75, 3.05) is 0 Å². The summed E-state index contributed by atoms with van der Waals surface area (Å²) in [5.74, 6) is 1.81. The molecule has 0 aliphatic carbocycles. The lowest BCUT2D eigenvalue weighted by atomic mass is 9.89. The minimum absolute atomic E-state index is 0.597. The molecule has 0 saturated carbocycles. The molecule has 4 nitrogen and oxygen atoms in total. The number of furan rings is 1. The molecule has 0 unspecified atom stereocenters. The van der Waals surface area contributed by atoms with Crippen molar-refractivity contribution in [3.05, 3.63) is 212 Å². The minimum Gasteiger partial charge on any atom is -0.456 e. The molecule has 0 spiro atoms. The molecular weight excluding hydrogens is 743 g/mol. The third-order valence-corrected chi connectivity index (χ3v) is 12.0. The summed E-state index contributed by atoms with van der Waals surface area (Å²) in [5, 5.41) is 9.54. The fourth-order valence-electron chi connectivity index (χ4n) is 9.12. The maximum atomic E-state index is 6.34. The van der Waals surface area contributed by atoms with Gasteiger partial charge in [-0.15, -0.1) is 0 Å². The number of nitrogens with zero attached hydrogens (tertiary/aromatic N) is 3. The highest BCUT2D eigenvalue weighted by molar-refractivity contribution is 6.20. The van der Waals surface area contributed by atoms with Crippen LogP contribution >= 0.6 is 0 Å². The lowest BCUT2D eigenvalue weighted by Crippen LogP contribution is -2.02. The monoisotopic (exact) mass is 777 g/mol. The highest BCUT2D eigenvalue weighted by Crippen LogP contribution is 2.42. The summed E-state index contributed by atoms with van der Waals surface area (Å²) in [5.41, 5.74) is 11.0. The number of benzene rings is 10. The molecule has 0 N–H and O–H groups in total. The van der Waals surface area contributed by atoms with Crippen LogP contribution in [0.3, 0.4) is 0 Å². The average molecular weight is 778 g/mol. The van der Waals surface area contributed by atoms with Gasteiger partial charge >= 0.3 is 0 Å². The second-order valence-electron chi connectivity index (χ2n) is 15.5. The fraction of sp³-hybridized carbons (Fsp3) is 0. The lowest BCUT2D eigenvalue weighted by molar-refractivity contribution is 0.669. The number of fused-ring (bicyclic) bond motifs is 7. The van der Waals surface area contributed by atoms with Gasteiger partial charge in [0, 0.05) is 27.5 Å². The number of para-hydroxylation sites is 1. The SMILES string of the molecule is c1ccc(-c2ccccc2-c2nc(-c3ccc(-c4c5ccccc5cc5c4ccc4ccccc45)cc3)nc(-c3ccccc3-c3cccc4oc5ccccc5c34)n2)cc1. The molecule has 284 valence electrons. The van der Waals surface area contributed by atoms with Gasteiger partial charge in [0.2, 0.25) is 0 Å². The molecule has 61 heavy (non-hydrogen) atoms. The number of aromatic nitrogens is 3. The van der Waals surface area contributed by atoms with Crippen LogP contribution in [0.25, 0.3) is 122 Å². The van der Waals surface area contributed by atoms with Gasteiger partial charge in [0.25, 0.3) is 0 Å². The molecule has 0 aliphatic rings. The number of hydrogen-bond donors (Lipinski definition) is 0. The van der Waals surface area contributed by atoms with Gasteiger partial charge in [-0.05, 0) is 83.9 Å². The Morgan fingerprint density at radius 3 is 1.62 bits per heavy atom. The summed E-state index contributed by atoms with van der Waals surface area (Å²) in [6, 6.07) is 74.6. The summed E-state index contributed by atoms with van der Waals surface area (Å²) < 4.78 is 6.34. The van der Waals surface area contributed by atoms with Crippen molar-refractivity contribution in [1.29, 1.82) is 0 Å². The van der Waals surface area contributed by atoms with E-state index in [1.807, 2.05) is 24.3 Å². The zero-order chi connectivity index (χ0) is 40.3. The summed E-state index contributed by atoms with van der Waals surface area (Å²) in [7, 11) is 0. The second kappa shape index (κ2) is 14.3. The standard InChI is InChI=1S/C57H35N3O/c1-2-15-36(16-3-1)41-19-8-10-23-47(41)56-58-55(59-57(60-56)48-24-11-9-22-44(48)45-26-14-28-52-54(45)49-25-12-13-27-51(49)61-52)39-31-29-38(30-32-39)53-43-21-7-5-18-40(43)35-50-42-20-6-4-17-37(42)33-34-46(50)53/h1-35H. The highest BCUT2D eigenvalue weighted by atomic mass is 16.3. The first kappa shape index (κ1) is 34.8. The molecule has 0 amide bonds. The molecule has 12 aromatic rings. The van der Waals surface area contributed by atoms with Gasteiger partial charge < -0.3 is 4.42 Å². The molecule has 0 fully saturated rings. The molecule has 2 heterocycles. The molecule has 2 aromatic heterocycles. The Morgan fingerprint density at radius 1 is 0.279 bits per heavy atom. The van der Waals surface area contributed by atoms with Crippen LogP contribution in [0.5, 0.6) is 0 Å². The Kier molecular flexibility index (Phi) is 8.13. The molecule has 4 heteroatoms. The zero-order valence-corrected chi connectivity index (χ0v) is 33.0. The summed E-state index contributed by atoms with van der Waals surface area (Å²) in [6.45, 7) is 0. The average Bonchev–Trinajstić information content (AvgIpc) is 3.73. The van der Waals surface area contributed by atoms with Crippen LogP contribution in [0.4, 0.5) is 0 Å². The van der Waals surface area contributed by atoms with E-state index in [1.54, 1.807) is 0 Å². The van der Waals surface area contributed by atoms with Gasteiger partial charge in [-0.1, -0.05) is 194 Å². The summed E-state index contributed by atoms with van der Waals surface area (Å²) >= 11 is 0. The van der Waals surface area contributed by atoms with Gasteiger partial charge in [0.05, 0.1) is 0 Å². The van der Waals surface area contributed by atoms with E-state index < -0.39 is 0 Å². The molecule has 0 saturated heterocycles. The second-order valence-corrected chi connectivity index (χ2v) is 15.5. The van der Waals surface area contributed by atoms with Crippen LogP contribution in [-0.4, -0.2) is 15.0 Å². The van der Waals surface area contributed by atoms with E-state index in [0.29, 0.717) is 17.5 Å². The van der Waals surface area contributed by atoms with Crippen molar-refractivity contribution < 1.29 is 4.42 Å². The van der Waals surface area contributed by atoms with E-state index in [4.69, 9.17) is 19.4 Å². The van der Waals surface area contributed by atoms with Crippen LogP contribution in [0.1, 0.15) is 0 Å². The van der Waals surface area contributed by atoms with Gasteiger partial charge in [-0.25, -0.2) is 15.0 Å². The Morgan fingerprint density at radius 2 is 0.836 bits per heavy atom. The van der Waals surface area contributed by atoms with E-state index in [9.17, 15) is 0 Å². The lowest BCUT2D eigenvalue weighted by Gasteiger charge is -2.15. The Labute approximate surface area is 352 Å². The fourth-order valence-corrected chi connectivity index (χ4v) is 9.12. The van der Waals surface area contributed by atoms with Gasteiger partial charge in [0.1, 0.15) is 11.2 Å². The first-order chi connectivity index (χ1) is 30.2. The van der Waals surface area contributed by atoms with Crippen LogP contribution in [-0.2, 0) is 0 Å². The molecule has 0 atom stereocenters. The van der Waals surface area contributed by atoms with Crippen molar-refractivity contribution in [2.24, 2.45) is 0 Å². The largest absolute Gasteiger partial charge is 0.456 e. The van der Waals surface area contributed by atoms with Crippen LogP contribution < -0.4 is 0 Å². The Hall–Kier alpha value is -8.21. The molecule has 0 radical (unpaired) electrons. The Bertz CT molecular complexity index is 3650. The van der Waals surface area contributed by atoms with Crippen molar-refractivity contribution in [3.8, 4) is 67.5 Å². The third-order valence-electron chi connectivity index (χ3n) is 12.0. The highest BCUT2D eigenvalue weighted by Gasteiger charge is 2.21. The van der Waals surface area contributed by atoms with Crippen molar-refractivity contribution in [1.82, 2.24) is 15.0 Å². The van der Waals surface area contributed by atoms with E-state index in [1.165, 1.54) is 37.9 Å². The van der Waals surface area contributed by atoms with Gasteiger partial charge in [-0.2, -0.15) is 0 Å². The molecule has 12 rings (SSSR count). The summed E-state index contributed by atoms with van der Waals surface area (Å²) in [6.07, 6.45) is 0. The summed E-state index contributed by atoms with van der Waals surface area (Å²) in [4.78, 5) is 15.9. The van der Waals surface area contributed by atoms with Crippen molar-refractivity contribution in [2.45, 2.75) is 0 Å². The molecular formula is C57H35N3O. The van der Waals surface area contributed by atoms with E-state index in [2.05, 4.69) is 188 Å². The van der Waals surface area contributed by atoms with Crippen molar-refractivity contribution in [3.63, 3.8) is 0 Å². The normalized spacial score (nSPS) is 11.6. The predicted octanol–water partition coefficient (Wildman–Crippen LogP) is 15.2. The predicted molar refractivity (Wildman–Crippen MR) is 252 cm³/mol. The maximum Gasteiger partial charge on any atom is 0.164 e. The topological polar surface area (TPSA) is 51.8 Å². The van der Waals surface area contributed by atoms with Crippen LogP contribution in [0.15, 0.2) is 217 Å². The van der Waals surface area contributed by atoms with Crippen LogP contribution in [0.2, 0.25) is 0 Å². The first-order valence-electron chi connectivity index (χ1n) is 20.6. The molecule has 0 bridgehead atoms. The number of hydrogen-bond acceptors (Lipinski definition) is 4. The van der Waals surface area contributed by atoms with E-state index >= 15 is 0 Å². The van der Waals surface area contributed by atoms with Crippen molar-refractivity contribution >= 4 is 54.3 Å². The smallest absolute Gasteiger partial charge is 0.164 e. The maximum absolute atomic E-state index is 6.34. The number of rotatable bonds is 6. The third kappa shape index (κ3) is 5.88. The minimum atomic E-state index is 0.597. The Balaban J connectivity index is 1.06.